The average molecular weight is 263 g/mol. The summed E-state index contributed by atoms with van der Waals surface area (Å²) in [6, 6.07) is 2.88. The molecule has 0 spiro atoms. The minimum absolute atomic E-state index is 0.445. The molecule has 0 aliphatic heterocycles. The van der Waals surface area contributed by atoms with Gasteiger partial charge in [-0.15, -0.1) is 0 Å². The Labute approximate surface area is 115 Å². The van der Waals surface area contributed by atoms with Crippen molar-refractivity contribution in [1.29, 1.82) is 0 Å². The van der Waals surface area contributed by atoms with Gasteiger partial charge in [0.15, 0.2) is 0 Å². The fourth-order valence-electron chi connectivity index (χ4n) is 2.75. The molecule has 2 aliphatic carbocycles. The summed E-state index contributed by atoms with van der Waals surface area (Å²) in [5.41, 5.74) is 1.24. The number of ether oxygens (including phenoxy) is 1. The fourth-order valence-corrected chi connectivity index (χ4v) is 2.75. The molecule has 106 valence electrons. The van der Waals surface area contributed by atoms with Gasteiger partial charge in [0, 0.05) is 18.2 Å². The molecule has 0 unspecified atom stereocenters. The maximum Gasteiger partial charge on any atom is 0.129 e. The summed E-state index contributed by atoms with van der Waals surface area (Å²) in [5.74, 6) is 0.969. The van der Waals surface area contributed by atoms with Crippen molar-refractivity contribution in [2.24, 2.45) is 0 Å². The highest BCUT2D eigenvalue weighted by Gasteiger charge is 2.20. The number of hydrogen-bond acceptors (Lipinski definition) is 3. The molecule has 2 saturated carbocycles. The third kappa shape index (κ3) is 4.36. The van der Waals surface area contributed by atoms with Gasteiger partial charge in [-0.2, -0.15) is 0 Å². The van der Waals surface area contributed by atoms with Gasteiger partial charge < -0.3 is 14.5 Å². The molecule has 19 heavy (non-hydrogen) atoms. The van der Waals surface area contributed by atoms with Gasteiger partial charge in [-0.05, 0) is 31.7 Å². The quantitative estimate of drug-likeness (QED) is 0.793. The highest BCUT2D eigenvalue weighted by molar-refractivity contribution is 5.12. The Morgan fingerprint density at radius 2 is 1.89 bits per heavy atom. The van der Waals surface area contributed by atoms with E-state index in [0.29, 0.717) is 12.7 Å². The van der Waals surface area contributed by atoms with Crippen molar-refractivity contribution in [2.75, 3.05) is 0 Å². The molecule has 1 heterocycles. The lowest BCUT2D eigenvalue weighted by molar-refractivity contribution is 0.0220. The van der Waals surface area contributed by atoms with Crippen LogP contribution < -0.4 is 5.32 Å². The van der Waals surface area contributed by atoms with E-state index in [1.807, 2.05) is 6.26 Å². The van der Waals surface area contributed by atoms with Crippen LogP contribution in [0.25, 0.3) is 0 Å². The molecule has 1 N–H and O–H groups in total. The summed E-state index contributed by atoms with van der Waals surface area (Å²) in [6.07, 6.45) is 12.8. The lowest BCUT2D eigenvalue weighted by Gasteiger charge is -2.13. The zero-order valence-electron chi connectivity index (χ0n) is 11.7. The van der Waals surface area contributed by atoms with Crippen LogP contribution in [0.15, 0.2) is 16.7 Å². The monoisotopic (exact) mass is 263 g/mol. The Hall–Kier alpha value is -0.800. The van der Waals surface area contributed by atoms with Crippen molar-refractivity contribution < 1.29 is 9.15 Å². The van der Waals surface area contributed by atoms with Gasteiger partial charge in [0.2, 0.25) is 0 Å². The lowest BCUT2D eigenvalue weighted by Crippen LogP contribution is -2.14. The van der Waals surface area contributed by atoms with E-state index in [-0.39, 0.29) is 0 Å². The van der Waals surface area contributed by atoms with E-state index < -0.39 is 0 Å². The van der Waals surface area contributed by atoms with Crippen LogP contribution in [0, 0.1) is 0 Å². The van der Waals surface area contributed by atoms with Crippen LogP contribution in [0.4, 0.5) is 0 Å². The van der Waals surface area contributed by atoms with Crippen molar-refractivity contribution in [1.82, 2.24) is 5.32 Å². The molecule has 0 amide bonds. The molecule has 3 rings (SSSR count). The molecule has 0 saturated heterocycles. The molecule has 0 bridgehead atoms. The van der Waals surface area contributed by atoms with Gasteiger partial charge in [0.1, 0.15) is 12.4 Å². The summed E-state index contributed by atoms with van der Waals surface area (Å²) in [7, 11) is 0. The lowest BCUT2D eigenvalue weighted by atomic mass is 10.1. The molecule has 0 aromatic carbocycles. The molecule has 1 aromatic heterocycles. The molecule has 1 aromatic rings. The van der Waals surface area contributed by atoms with E-state index in [9.17, 15) is 0 Å². The van der Waals surface area contributed by atoms with E-state index in [4.69, 9.17) is 9.15 Å². The van der Waals surface area contributed by atoms with Crippen LogP contribution >= 0.6 is 0 Å². The Morgan fingerprint density at radius 1 is 1.11 bits per heavy atom. The summed E-state index contributed by atoms with van der Waals surface area (Å²) in [4.78, 5) is 0. The minimum atomic E-state index is 0.445. The van der Waals surface area contributed by atoms with Crippen molar-refractivity contribution in [3.63, 3.8) is 0 Å². The maximum absolute atomic E-state index is 5.99. The predicted octanol–water partition coefficient (Wildman–Crippen LogP) is 3.77. The normalized spacial score (nSPS) is 21.5. The topological polar surface area (TPSA) is 34.4 Å². The third-order valence-corrected chi connectivity index (χ3v) is 4.14. The molecule has 2 fully saturated rings. The Morgan fingerprint density at radius 3 is 2.63 bits per heavy atom. The van der Waals surface area contributed by atoms with E-state index in [2.05, 4.69) is 11.4 Å². The molecular weight excluding hydrogens is 238 g/mol. The van der Waals surface area contributed by atoms with Crippen LogP contribution in [0.3, 0.4) is 0 Å². The summed E-state index contributed by atoms with van der Waals surface area (Å²) in [6.45, 7) is 1.56. The van der Waals surface area contributed by atoms with Crippen LogP contribution in [0.2, 0.25) is 0 Å². The first-order valence-electron chi connectivity index (χ1n) is 7.81. The number of hydrogen-bond donors (Lipinski definition) is 1. The number of rotatable bonds is 6. The first-order valence-corrected chi connectivity index (χ1v) is 7.81. The Bertz CT molecular complexity index is 376. The van der Waals surface area contributed by atoms with Crippen LogP contribution in [0.5, 0.6) is 0 Å². The van der Waals surface area contributed by atoms with Crippen LogP contribution in [-0.4, -0.2) is 12.1 Å². The van der Waals surface area contributed by atoms with Crippen molar-refractivity contribution >= 4 is 0 Å². The predicted molar refractivity (Wildman–Crippen MR) is 74.8 cm³/mol. The molecule has 0 radical (unpaired) electrons. The molecule has 3 nitrogen and oxygen atoms in total. The molecule has 3 heteroatoms. The molecule has 2 aliphatic rings. The number of furan rings is 1. The number of nitrogens with one attached hydrogen (secondary N) is 1. The molecular formula is C16H25NO2. The van der Waals surface area contributed by atoms with Gasteiger partial charge in [-0.25, -0.2) is 0 Å². The summed E-state index contributed by atoms with van der Waals surface area (Å²) in [5, 5.41) is 3.50. The third-order valence-electron chi connectivity index (χ3n) is 4.14. The largest absolute Gasteiger partial charge is 0.467 e. The maximum atomic E-state index is 5.99. The van der Waals surface area contributed by atoms with Gasteiger partial charge >= 0.3 is 0 Å². The van der Waals surface area contributed by atoms with Crippen molar-refractivity contribution in [3.8, 4) is 0 Å². The first-order chi connectivity index (χ1) is 9.40. The fraction of sp³-hybridized carbons (Fsp3) is 0.750. The van der Waals surface area contributed by atoms with Crippen molar-refractivity contribution in [2.45, 2.75) is 76.7 Å². The second-order valence-electron chi connectivity index (χ2n) is 6.00. The zero-order chi connectivity index (χ0) is 12.9. The van der Waals surface area contributed by atoms with Gasteiger partial charge in [-0.3, -0.25) is 0 Å². The van der Waals surface area contributed by atoms with Crippen LogP contribution in [0.1, 0.15) is 62.7 Å². The molecule has 0 atom stereocenters. The summed E-state index contributed by atoms with van der Waals surface area (Å²) >= 11 is 0. The smallest absolute Gasteiger partial charge is 0.129 e. The highest BCUT2D eigenvalue weighted by Crippen LogP contribution is 2.22. The second-order valence-corrected chi connectivity index (χ2v) is 6.00. The van der Waals surface area contributed by atoms with Crippen LogP contribution in [-0.2, 0) is 17.9 Å². The van der Waals surface area contributed by atoms with Crippen molar-refractivity contribution in [3.05, 3.63) is 23.7 Å². The second kappa shape index (κ2) is 6.58. The Kier molecular flexibility index (Phi) is 4.57. The zero-order valence-corrected chi connectivity index (χ0v) is 11.7. The minimum Gasteiger partial charge on any atom is -0.467 e. The van der Waals surface area contributed by atoms with E-state index in [1.165, 1.54) is 56.9 Å². The first kappa shape index (κ1) is 13.2. The average Bonchev–Trinajstić information content (AvgIpc) is 3.20. The SMILES string of the molecule is c1oc(COC2CCCCCC2)cc1CNC1CC1. The standard InChI is InChI=1S/C16H25NO2/c1-2-4-6-15(5-3-1)19-12-16-9-13(11-18-16)10-17-14-7-8-14/h9,11,14-15,17H,1-8,10,12H2. The Balaban J connectivity index is 1.41. The highest BCUT2D eigenvalue weighted by atomic mass is 16.5. The van der Waals surface area contributed by atoms with E-state index in [1.54, 1.807) is 0 Å². The van der Waals surface area contributed by atoms with E-state index >= 15 is 0 Å². The van der Waals surface area contributed by atoms with Gasteiger partial charge in [-0.1, -0.05) is 25.7 Å². The van der Waals surface area contributed by atoms with Gasteiger partial charge in [0.25, 0.3) is 0 Å². The summed E-state index contributed by atoms with van der Waals surface area (Å²) < 4.78 is 11.6. The van der Waals surface area contributed by atoms with Gasteiger partial charge in [0.05, 0.1) is 12.4 Å². The van der Waals surface area contributed by atoms with E-state index in [0.717, 1.165) is 18.3 Å².